The van der Waals surface area contributed by atoms with Crippen LogP contribution in [0.25, 0.3) is 11.1 Å². The molecule has 0 heterocycles. The van der Waals surface area contributed by atoms with Gasteiger partial charge >= 0.3 is 0 Å². The molecule has 0 saturated heterocycles. The molecule has 4 heteroatoms. The number of hydrogen-bond acceptors (Lipinski definition) is 4. The minimum atomic E-state index is -0.0918. The monoisotopic (exact) mass is 259 g/mol. The molecule has 0 aliphatic rings. The van der Waals surface area contributed by atoms with Gasteiger partial charge in [-0.05, 0) is 12.1 Å². The summed E-state index contributed by atoms with van der Waals surface area (Å²) in [4.78, 5) is 10.9. The van der Waals surface area contributed by atoms with Crippen LogP contribution in [0.2, 0.25) is 0 Å². The Morgan fingerprint density at radius 2 is 1.67 bits per heavy atom. The second-order valence-corrected chi connectivity index (χ2v) is 4.65. The molecule has 0 radical (unpaired) electrons. The molecule has 2 aromatic rings. The van der Waals surface area contributed by atoms with E-state index in [2.05, 4.69) is 0 Å². The van der Waals surface area contributed by atoms with Gasteiger partial charge in [-0.1, -0.05) is 36.4 Å². The molecule has 3 nitrogen and oxygen atoms in total. The number of nitrogen functional groups attached to an aromatic ring is 1. The van der Waals surface area contributed by atoms with Gasteiger partial charge in [0.25, 0.3) is 0 Å². The van der Waals surface area contributed by atoms with Gasteiger partial charge < -0.3 is 9.92 Å². The Hall–Kier alpha value is -1.94. The van der Waals surface area contributed by atoms with Crippen LogP contribution < -0.4 is 9.92 Å². The Kier molecular flexibility index (Phi) is 3.89. The first-order valence-electron chi connectivity index (χ1n) is 5.47. The molecule has 0 aromatic heterocycles. The molecular formula is C14H13NO2S. The molecule has 0 fully saturated rings. The van der Waals surface area contributed by atoms with E-state index in [9.17, 15) is 4.79 Å². The zero-order valence-corrected chi connectivity index (χ0v) is 10.7. The highest BCUT2D eigenvalue weighted by Gasteiger charge is 2.09. The van der Waals surface area contributed by atoms with Crippen LogP contribution in [0.1, 0.15) is 6.92 Å². The molecule has 2 rings (SSSR count). The predicted octanol–water partition coefficient (Wildman–Crippen LogP) is 3.51. The lowest BCUT2D eigenvalue weighted by atomic mass is 10.0. The Morgan fingerprint density at radius 3 is 2.33 bits per heavy atom. The summed E-state index contributed by atoms with van der Waals surface area (Å²) in [6.07, 6.45) is 0. The number of benzene rings is 2. The van der Waals surface area contributed by atoms with E-state index < -0.39 is 0 Å². The summed E-state index contributed by atoms with van der Waals surface area (Å²) in [7, 11) is 0. The summed E-state index contributed by atoms with van der Waals surface area (Å²) in [5.41, 5.74) is 8.41. The van der Waals surface area contributed by atoms with Gasteiger partial charge in [-0.15, -0.1) is 0 Å². The zero-order chi connectivity index (χ0) is 13.0. The van der Waals surface area contributed by atoms with E-state index in [4.69, 9.17) is 9.92 Å². The molecule has 0 aliphatic heterocycles. The third-order valence-corrected chi connectivity index (χ3v) is 2.88. The lowest BCUT2D eigenvalue weighted by Crippen LogP contribution is -1.93. The smallest absolute Gasteiger partial charge is 0.224 e. The van der Waals surface area contributed by atoms with Crippen molar-refractivity contribution < 1.29 is 8.98 Å². The standard InChI is InChI=1S/C14H13NO2S/c1-10(16)18-17-14-9-5-3-7-12(14)11-6-2-4-8-13(11)15/h2-9H,15H2,1H3. The second kappa shape index (κ2) is 5.60. The van der Waals surface area contributed by atoms with E-state index in [1.165, 1.54) is 6.92 Å². The minimum Gasteiger partial charge on any atom is -0.417 e. The van der Waals surface area contributed by atoms with Gasteiger partial charge in [0, 0.05) is 23.7 Å². The molecule has 0 spiro atoms. The first-order valence-corrected chi connectivity index (χ1v) is 6.21. The molecule has 92 valence electrons. The molecule has 0 saturated carbocycles. The SMILES string of the molecule is CC(=O)SOc1ccccc1-c1ccccc1N. The third kappa shape index (κ3) is 2.84. The highest BCUT2D eigenvalue weighted by atomic mass is 32.2. The predicted molar refractivity (Wildman–Crippen MR) is 75.2 cm³/mol. The van der Waals surface area contributed by atoms with Crippen LogP contribution >= 0.6 is 12.0 Å². The van der Waals surface area contributed by atoms with E-state index in [1.807, 2.05) is 48.5 Å². The van der Waals surface area contributed by atoms with Crippen molar-refractivity contribution in [2.45, 2.75) is 6.92 Å². The molecule has 2 aromatic carbocycles. The lowest BCUT2D eigenvalue weighted by molar-refractivity contribution is -0.109. The van der Waals surface area contributed by atoms with Crippen molar-refractivity contribution in [3.63, 3.8) is 0 Å². The molecule has 2 N–H and O–H groups in total. The van der Waals surface area contributed by atoms with E-state index in [0.29, 0.717) is 11.4 Å². The fourth-order valence-electron chi connectivity index (χ4n) is 1.61. The second-order valence-electron chi connectivity index (χ2n) is 3.74. The molecular weight excluding hydrogens is 246 g/mol. The summed E-state index contributed by atoms with van der Waals surface area (Å²) >= 11 is 0.819. The molecule has 0 aliphatic carbocycles. The van der Waals surface area contributed by atoms with Gasteiger partial charge in [-0.3, -0.25) is 4.79 Å². The van der Waals surface area contributed by atoms with Gasteiger partial charge in [0.05, 0.1) is 0 Å². The van der Waals surface area contributed by atoms with E-state index in [1.54, 1.807) is 0 Å². The van der Waals surface area contributed by atoms with Gasteiger partial charge in [0.1, 0.15) is 17.8 Å². The summed E-state index contributed by atoms with van der Waals surface area (Å²) in [6, 6.07) is 15.1. The van der Waals surface area contributed by atoms with Crippen molar-refractivity contribution in [2.24, 2.45) is 0 Å². The summed E-state index contributed by atoms with van der Waals surface area (Å²) in [6.45, 7) is 1.46. The maximum Gasteiger partial charge on any atom is 0.224 e. The zero-order valence-electron chi connectivity index (χ0n) is 9.92. The van der Waals surface area contributed by atoms with Gasteiger partial charge in [0.2, 0.25) is 5.12 Å². The van der Waals surface area contributed by atoms with Crippen LogP contribution in [-0.4, -0.2) is 5.12 Å². The maximum absolute atomic E-state index is 10.9. The summed E-state index contributed by atoms with van der Waals surface area (Å²) < 4.78 is 5.42. The first kappa shape index (κ1) is 12.5. The topological polar surface area (TPSA) is 52.3 Å². The van der Waals surface area contributed by atoms with E-state index >= 15 is 0 Å². The number of nitrogens with two attached hydrogens (primary N) is 1. The van der Waals surface area contributed by atoms with Gasteiger partial charge in [-0.2, -0.15) is 0 Å². The summed E-state index contributed by atoms with van der Waals surface area (Å²) in [5, 5.41) is -0.0918. The Morgan fingerprint density at radius 1 is 1.06 bits per heavy atom. The van der Waals surface area contributed by atoms with Crippen LogP contribution in [0.15, 0.2) is 48.5 Å². The highest BCUT2D eigenvalue weighted by Crippen LogP contribution is 2.34. The number of hydrogen-bond donors (Lipinski definition) is 1. The quantitative estimate of drug-likeness (QED) is 0.677. The Balaban J connectivity index is 2.39. The fraction of sp³-hybridized carbons (Fsp3) is 0.0714. The molecule has 0 amide bonds. The minimum absolute atomic E-state index is 0.0918. The normalized spacial score (nSPS) is 10.1. The van der Waals surface area contributed by atoms with Crippen LogP contribution in [0.4, 0.5) is 5.69 Å². The van der Waals surface area contributed by atoms with Crippen molar-refractivity contribution in [1.29, 1.82) is 0 Å². The van der Waals surface area contributed by atoms with E-state index in [-0.39, 0.29) is 5.12 Å². The van der Waals surface area contributed by atoms with Crippen molar-refractivity contribution in [3.05, 3.63) is 48.5 Å². The molecule has 0 bridgehead atoms. The van der Waals surface area contributed by atoms with Gasteiger partial charge in [0.15, 0.2) is 0 Å². The maximum atomic E-state index is 10.9. The average Bonchev–Trinajstić information content (AvgIpc) is 2.37. The number of carbonyl (C=O) groups is 1. The van der Waals surface area contributed by atoms with Crippen molar-refractivity contribution in [3.8, 4) is 16.9 Å². The van der Waals surface area contributed by atoms with E-state index in [0.717, 1.165) is 23.2 Å². The lowest BCUT2D eigenvalue weighted by Gasteiger charge is -2.10. The fourth-order valence-corrected chi connectivity index (χ4v) is 1.96. The molecule has 0 atom stereocenters. The van der Waals surface area contributed by atoms with Crippen LogP contribution in [0, 0.1) is 0 Å². The summed E-state index contributed by atoms with van der Waals surface area (Å²) in [5.74, 6) is 0.635. The van der Waals surface area contributed by atoms with Crippen LogP contribution in [-0.2, 0) is 4.79 Å². The highest BCUT2D eigenvalue weighted by molar-refractivity contribution is 8.09. The third-order valence-electron chi connectivity index (χ3n) is 2.39. The van der Waals surface area contributed by atoms with Crippen molar-refractivity contribution >= 4 is 22.8 Å². The number of para-hydroxylation sites is 2. The van der Waals surface area contributed by atoms with Crippen molar-refractivity contribution in [1.82, 2.24) is 0 Å². The Labute approximate surface area is 110 Å². The molecule has 18 heavy (non-hydrogen) atoms. The first-order chi connectivity index (χ1) is 8.68. The molecule has 0 unspecified atom stereocenters. The van der Waals surface area contributed by atoms with Gasteiger partial charge in [-0.25, -0.2) is 0 Å². The van der Waals surface area contributed by atoms with Crippen LogP contribution in [0.5, 0.6) is 5.75 Å². The number of anilines is 1. The Bertz CT molecular complexity index is 569. The largest absolute Gasteiger partial charge is 0.417 e. The number of carbonyl (C=O) groups excluding carboxylic acids is 1. The van der Waals surface area contributed by atoms with Crippen molar-refractivity contribution in [2.75, 3.05) is 5.73 Å². The number of rotatable bonds is 3. The van der Waals surface area contributed by atoms with Crippen LogP contribution in [0.3, 0.4) is 0 Å². The average molecular weight is 259 g/mol.